The standard InChI is InChI=1S/C11H7Br2NO/c12-8-1-2-10(13)11(7-8)15-9-3-5-14-6-4-9/h1-7H. The third-order valence-electron chi connectivity index (χ3n) is 1.77. The molecule has 0 aliphatic carbocycles. The molecule has 0 amide bonds. The second kappa shape index (κ2) is 4.77. The smallest absolute Gasteiger partial charge is 0.142 e. The van der Waals surface area contributed by atoms with E-state index < -0.39 is 0 Å². The van der Waals surface area contributed by atoms with Crippen molar-refractivity contribution in [3.63, 3.8) is 0 Å². The number of hydrogen-bond donors (Lipinski definition) is 0. The van der Waals surface area contributed by atoms with Crippen molar-refractivity contribution in [1.82, 2.24) is 4.98 Å². The molecule has 2 rings (SSSR count). The van der Waals surface area contributed by atoms with Gasteiger partial charge in [0.25, 0.3) is 0 Å². The zero-order valence-electron chi connectivity index (χ0n) is 7.65. The fourth-order valence-electron chi connectivity index (χ4n) is 1.09. The van der Waals surface area contributed by atoms with Crippen molar-refractivity contribution in [3.05, 3.63) is 51.7 Å². The Kier molecular flexibility index (Phi) is 3.38. The largest absolute Gasteiger partial charge is 0.456 e. The van der Waals surface area contributed by atoms with Crippen LogP contribution in [0.5, 0.6) is 11.5 Å². The maximum Gasteiger partial charge on any atom is 0.142 e. The molecule has 0 radical (unpaired) electrons. The first-order valence-corrected chi connectivity index (χ1v) is 5.87. The van der Waals surface area contributed by atoms with Crippen LogP contribution in [-0.4, -0.2) is 4.98 Å². The Morgan fingerprint density at radius 2 is 1.73 bits per heavy atom. The predicted octanol–water partition coefficient (Wildman–Crippen LogP) is 4.40. The first-order valence-electron chi connectivity index (χ1n) is 4.28. The molecule has 2 aromatic rings. The number of aromatic nitrogens is 1. The summed E-state index contributed by atoms with van der Waals surface area (Å²) in [5.74, 6) is 1.54. The van der Waals surface area contributed by atoms with E-state index in [1.807, 2.05) is 30.3 Å². The highest BCUT2D eigenvalue weighted by molar-refractivity contribution is 9.11. The van der Waals surface area contributed by atoms with Gasteiger partial charge in [-0.2, -0.15) is 0 Å². The van der Waals surface area contributed by atoms with E-state index in [0.29, 0.717) is 0 Å². The van der Waals surface area contributed by atoms with Gasteiger partial charge >= 0.3 is 0 Å². The van der Waals surface area contributed by atoms with Crippen LogP contribution in [0.4, 0.5) is 0 Å². The minimum atomic E-state index is 0.767. The van der Waals surface area contributed by atoms with Crippen LogP contribution in [-0.2, 0) is 0 Å². The van der Waals surface area contributed by atoms with E-state index >= 15 is 0 Å². The number of hydrogen-bond acceptors (Lipinski definition) is 2. The van der Waals surface area contributed by atoms with Gasteiger partial charge in [0.1, 0.15) is 11.5 Å². The van der Waals surface area contributed by atoms with Crippen LogP contribution < -0.4 is 4.74 Å². The zero-order chi connectivity index (χ0) is 10.7. The Morgan fingerprint density at radius 1 is 1.00 bits per heavy atom. The van der Waals surface area contributed by atoms with Gasteiger partial charge in [0, 0.05) is 16.9 Å². The highest BCUT2D eigenvalue weighted by Gasteiger charge is 2.02. The summed E-state index contributed by atoms with van der Waals surface area (Å²) in [7, 11) is 0. The molecule has 76 valence electrons. The van der Waals surface area contributed by atoms with Crippen LogP contribution in [0.25, 0.3) is 0 Å². The molecule has 0 aliphatic heterocycles. The third-order valence-corrected chi connectivity index (χ3v) is 2.92. The summed E-state index contributed by atoms with van der Waals surface area (Å²) in [5, 5.41) is 0. The molecular formula is C11H7Br2NO. The molecule has 0 aliphatic rings. The summed E-state index contributed by atoms with van der Waals surface area (Å²) in [6.07, 6.45) is 3.39. The van der Waals surface area contributed by atoms with Crippen molar-refractivity contribution in [2.45, 2.75) is 0 Å². The summed E-state index contributed by atoms with van der Waals surface area (Å²) >= 11 is 6.82. The van der Waals surface area contributed by atoms with E-state index in [1.165, 1.54) is 0 Å². The molecule has 1 aromatic heterocycles. The van der Waals surface area contributed by atoms with Gasteiger partial charge in [-0.15, -0.1) is 0 Å². The van der Waals surface area contributed by atoms with Gasteiger partial charge < -0.3 is 4.74 Å². The zero-order valence-corrected chi connectivity index (χ0v) is 10.8. The minimum Gasteiger partial charge on any atom is -0.456 e. The average molecular weight is 329 g/mol. The lowest BCUT2D eigenvalue weighted by atomic mass is 10.3. The van der Waals surface area contributed by atoms with Crippen LogP contribution in [0.3, 0.4) is 0 Å². The summed E-state index contributed by atoms with van der Waals surface area (Å²) in [6.45, 7) is 0. The predicted molar refractivity (Wildman–Crippen MR) is 66.2 cm³/mol. The average Bonchev–Trinajstić information content (AvgIpc) is 2.25. The van der Waals surface area contributed by atoms with E-state index in [0.717, 1.165) is 20.4 Å². The lowest BCUT2D eigenvalue weighted by Gasteiger charge is -2.07. The number of nitrogens with zero attached hydrogens (tertiary/aromatic N) is 1. The van der Waals surface area contributed by atoms with Crippen LogP contribution in [0.1, 0.15) is 0 Å². The number of pyridine rings is 1. The monoisotopic (exact) mass is 327 g/mol. The number of halogens is 2. The molecular weight excluding hydrogens is 322 g/mol. The lowest BCUT2D eigenvalue weighted by molar-refractivity contribution is 0.478. The summed E-state index contributed by atoms with van der Waals surface area (Å²) in [4.78, 5) is 3.93. The van der Waals surface area contributed by atoms with Crippen molar-refractivity contribution in [1.29, 1.82) is 0 Å². The highest BCUT2D eigenvalue weighted by atomic mass is 79.9. The Morgan fingerprint density at radius 3 is 2.47 bits per heavy atom. The van der Waals surface area contributed by atoms with Gasteiger partial charge in [-0.3, -0.25) is 4.98 Å². The molecule has 1 heterocycles. The lowest BCUT2D eigenvalue weighted by Crippen LogP contribution is -1.85. The molecule has 4 heteroatoms. The van der Waals surface area contributed by atoms with E-state index in [4.69, 9.17) is 4.74 Å². The van der Waals surface area contributed by atoms with Crippen LogP contribution in [0.2, 0.25) is 0 Å². The summed E-state index contributed by atoms with van der Waals surface area (Å²) in [5.41, 5.74) is 0. The van der Waals surface area contributed by atoms with E-state index in [1.54, 1.807) is 12.4 Å². The van der Waals surface area contributed by atoms with E-state index in [9.17, 15) is 0 Å². The second-order valence-corrected chi connectivity index (χ2v) is 4.63. The normalized spacial score (nSPS) is 10.0. The van der Waals surface area contributed by atoms with Gasteiger partial charge in [0.2, 0.25) is 0 Å². The molecule has 0 atom stereocenters. The Balaban J connectivity index is 2.28. The molecule has 0 saturated heterocycles. The van der Waals surface area contributed by atoms with Crippen LogP contribution in [0, 0.1) is 0 Å². The third kappa shape index (κ3) is 2.79. The topological polar surface area (TPSA) is 22.1 Å². The fraction of sp³-hybridized carbons (Fsp3) is 0. The van der Waals surface area contributed by atoms with Crippen molar-refractivity contribution in [3.8, 4) is 11.5 Å². The van der Waals surface area contributed by atoms with Crippen molar-refractivity contribution >= 4 is 31.9 Å². The number of ether oxygens (including phenoxy) is 1. The van der Waals surface area contributed by atoms with Gasteiger partial charge in [0.05, 0.1) is 4.47 Å². The van der Waals surface area contributed by atoms with Crippen LogP contribution >= 0.6 is 31.9 Å². The fourth-order valence-corrected chi connectivity index (χ4v) is 1.76. The molecule has 15 heavy (non-hydrogen) atoms. The van der Waals surface area contributed by atoms with Crippen molar-refractivity contribution in [2.24, 2.45) is 0 Å². The maximum atomic E-state index is 5.67. The first kappa shape index (κ1) is 10.6. The molecule has 0 unspecified atom stereocenters. The minimum absolute atomic E-state index is 0.767. The Hall–Kier alpha value is -0.870. The molecule has 0 saturated carbocycles. The van der Waals surface area contributed by atoms with Crippen LogP contribution in [0.15, 0.2) is 51.7 Å². The van der Waals surface area contributed by atoms with E-state index in [2.05, 4.69) is 36.8 Å². The quantitative estimate of drug-likeness (QED) is 0.815. The van der Waals surface area contributed by atoms with Gasteiger partial charge in [-0.05, 0) is 46.3 Å². The molecule has 0 N–H and O–H groups in total. The first-order chi connectivity index (χ1) is 7.25. The Bertz CT molecular complexity index is 459. The molecule has 1 aromatic carbocycles. The number of rotatable bonds is 2. The molecule has 0 spiro atoms. The van der Waals surface area contributed by atoms with E-state index in [-0.39, 0.29) is 0 Å². The van der Waals surface area contributed by atoms with Gasteiger partial charge in [-0.25, -0.2) is 0 Å². The summed E-state index contributed by atoms with van der Waals surface area (Å²) in [6, 6.07) is 9.41. The second-order valence-electron chi connectivity index (χ2n) is 2.86. The molecule has 2 nitrogen and oxygen atoms in total. The van der Waals surface area contributed by atoms with Crippen molar-refractivity contribution in [2.75, 3.05) is 0 Å². The molecule has 0 bridgehead atoms. The number of benzene rings is 1. The van der Waals surface area contributed by atoms with Gasteiger partial charge in [0.15, 0.2) is 0 Å². The molecule has 0 fully saturated rings. The highest BCUT2D eigenvalue weighted by Crippen LogP contribution is 2.31. The van der Waals surface area contributed by atoms with Gasteiger partial charge in [-0.1, -0.05) is 15.9 Å². The van der Waals surface area contributed by atoms with Crippen molar-refractivity contribution < 1.29 is 4.74 Å². The Labute approximate surface area is 105 Å². The summed E-state index contributed by atoms with van der Waals surface area (Å²) < 4.78 is 7.57. The SMILES string of the molecule is Brc1ccc(Br)c(Oc2ccncc2)c1. The maximum absolute atomic E-state index is 5.67.